The molecule has 35 heavy (non-hydrogen) atoms. The molecule has 4 heterocycles. The van der Waals surface area contributed by atoms with Gasteiger partial charge in [0.25, 0.3) is 0 Å². The van der Waals surface area contributed by atoms with E-state index >= 15 is 0 Å². The summed E-state index contributed by atoms with van der Waals surface area (Å²) in [5.74, 6) is 1.42. The van der Waals surface area contributed by atoms with E-state index < -0.39 is 0 Å². The van der Waals surface area contributed by atoms with Crippen LogP contribution < -0.4 is 15.0 Å². The van der Waals surface area contributed by atoms with Gasteiger partial charge in [-0.05, 0) is 66.8 Å². The molecule has 2 atom stereocenters. The lowest BCUT2D eigenvalue weighted by atomic mass is 10.0. The van der Waals surface area contributed by atoms with Crippen molar-refractivity contribution in [2.75, 3.05) is 25.2 Å². The van der Waals surface area contributed by atoms with Gasteiger partial charge in [0.1, 0.15) is 24.2 Å². The molecule has 0 amide bonds. The van der Waals surface area contributed by atoms with Gasteiger partial charge >= 0.3 is 0 Å². The molecule has 1 aromatic carbocycles. The Morgan fingerprint density at radius 1 is 1.00 bits per heavy atom. The lowest BCUT2D eigenvalue weighted by Crippen LogP contribution is -2.30. The number of halogens is 1. The molecule has 0 bridgehead atoms. The van der Waals surface area contributed by atoms with Gasteiger partial charge < -0.3 is 24.3 Å². The van der Waals surface area contributed by atoms with Gasteiger partial charge in [0.15, 0.2) is 5.11 Å². The highest BCUT2D eigenvalue weighted by Gasteiger charge is 2.42. The lowest BCUT2D eigenvalue weighted by Gasteiger charge is -2.29. The Hall–Kier alpha value is -3.46. The van der Waals surface area contributed by atoms with Crippen molar-refractivity contribution in [1.82, 2.24) is 19.9 Å². The maximum Gasteiger partial charge on any atom is 0.174 e. The SMILES string of the molecule is COCCOc1ccc(N2C(=S)N[C@@H](c3ccccn3)[C@@H]2c2cccn2-c2ccccn2)cc1Cl. The summed E-state index contributed by atoms with van der Waals surface area (Å²) in [5, 5.41) is 4.57. The maximum atomic E-state index is 6.60. The van der Waals surface area contributed by atoms with Gasteiger partial charge in [-0.3, -0.25) is 4.98 Å². The molecule has 178 valence electrons. The number of ether oxygens (including phenoxy) is 2. The van der Waals surface area contributed by atoms with Crippen LogP contribution in [0.1, 0.15) is 23.5 Å². The number of pyridine rings is 2. The first-order chi connectivity index (χ1) is 17.2. The van der Waals surface area contributed by atoms with Crippen molar-refractivity contribution in [3.8, 4) is 11.6 Å². The van der Waals surface area contributed by atoms with Gasteiger partial charge in [-0.25, -0.2) is 4.98 Å². The van der Waals surface area contributed by atoms with Crippen molar-refractivity contribution < 1.29 is 9.47 Å². The van der Waals surface area contributed by atoms with Crippen molar-refractivity contribution in [2.45, 2.75) is 12.1 Å². The van der Waals surface area contributed by atoms with Gasteiger partial charge in [0, 0.05) is 37.1 Å². The van der Waals surface area contributed by atoms with Gasteiger partial charge in [0.2, 0.25) is 0 Å². The van der Waals surface area contributed by atoms with Crippen LogP contribution in [0.25, 0.3) is 5.82 Å². The van der Waals surface area contributed by atoms with Crippen LogP contribution in [0, 0.1) is 0 Å². The minimum atomic E-state index is -0.203. The van der Waals surface area contributed by atoms with E-state index in [-0.39, 0.29) is 12.1 Å². The van der Waals surface area contributed by atoms with Crippen molar-refractivity contribution in [2.24, 2.45) is 0 Å². The molecule has 0 radical (unpaired) electrons. The number of anilines is 1. The van der Waals surface area contributed by atoms with E-state index in [1.807, 2.05) is 66.9 Å². The zero-order valence-corrected chi connectivity index (χ0v) is 20.6. The Labute approximate surface area is 214 Å². The molecule has 1 N–H and O–H groups in total. The zero-order chi connectivity index (χ0) is 24.2. The van der Waals surface area contributed by atoms with Crippen molar-refractivity contribution >= 4 is 34.6 Å². The van der Waals surface area contributed by atoms with Crippen molar-refractivity contribution in [1.29, 1.82) is 0 Å². The molecule has 1 aliphatic heterocycles. The first kappa shape index (κ1) is 23.3. The number of hydrogen-bond acceptors (Lipinski definition) is 5. The fourth-order valence-corrected chi connectivity index (χ4v) is 4.84. The average Bonchev–Trinajstić information content (AvgIpc) is 3.50. The predicted octanol–water partition coefficient (Wildman–Crippen LogP) is 5.12. The summed E-state index contributed by atoms with van der Waals surface area (Å²) in [6.45, 7) is 0.901. The first-order valence-corrected chi connectivity index (χ1v) is 12.0. The van der Waals surface area contributed by atoms with Crippen molar-refractivity contribution in [3.63, 3.8) is 0 Å². The van der Waals surface area contributed by atoms with Crippen LogP contribution in [-0.2, 0) is 4.74 Å². The van der Waals surface area contributed by atoms with Crippen LogP contribution in [0.5, 0.6) is 5.75 Å². The molecule has 4 aromatic rings. The molecule has 9 heteroatoms. The van der Waals surface area contributed by atoms with Crippen LogP contribution in [0.15, 0.2) is 85.3 Å². The maximum absolute atomic E-state index is 6.60. The molecule has 0 unspecified atom stereocenters. The fourth-order valence-electron chi connectivity index (χ4n) is 4.27. The molecule has 3 aromatic heterocycles. The monoisotopic (exact) mass is 505 g/mol. The Balaban J connectivity index is 1.58. The molecule has 5 rings (SSSR count). The molecule has 7 nitrogen and oxygen atoms in total. The van der Waals surface area contributed by atoms with Crippen LogP contribution in [0.3, 0.4) is 0 Å². The van der Waals surface area contributed by atoms with Gasteiger partial charge in [-0.15, -0.1) is 0 Å². The van der Waals surface area contributed by atoms with E-state index in [4.69, 9.17) is 33.3 Å². The quantitative estimate of drug-likeness (QED) is 0.263. The highest BCUT2D eigenvalue weighted by molar-refractivity contribution is 7.80. The summed E-state index contributed by atoms with van der Waals surface area (Å²) in [7, 11) is 1.63. The number of aromatic nitrogens is 3. The van der Waals surface area contributed by atoms with Crippen molar-refractivity contribution in [3.05, 3.63) is 102 Å². The minimum Gasteiger partial charge on any atom is -0.490 e. The molecule has 0 spiro atoms. The fraction of sp³-hybridized carbons (Fsp3) is 0.192. The third-order valence-corrected chi connectivity index (χ3v) is 6.43. The third kappa shape index (κ3) is 4.73. The second-order valence-electron chi connectivity index (χ2n) is 7.94. The molecule has 1 saturated heterocycles. The summed E-state index contributed by atoms with van der Waals surface area (Å²) in [4.78, 5) is 11.3. The number of methoxy groups -OCH3 is 1. The molecule has 1 aliphatic rings. The van der Waals surface area contributed by atoms with Gasteiger partial charge in [0.05, 0.1) is 23.4 Å². The number of nitrogens with one attached hydrogen (secondary N) is 1. The summed E-state index contributed by atoms with van der Waals surface area (Å²) in [6, 6.07) is 21.2. The van der Waals surface area contributed by atoms with E-state index in [1.54, 1.807) is 19.5 Å². The van der Waals surface area contributed by atoms with Crippen LogP contribution in [0.4, 0.5) is 5.69 Å². The molecule has 1 fully saturated rings. The van der Waals surface area contributed by atoms with Crippen LogP contribution >= 0.6 is 23.8 Å². The summed E-state index contributed by atoms with van der Waals surface area (Å²) >= 11 is 12.4. The molecule has 0 aliphatic carbocycles. The van der Waals surface area contributed by atoms with E-state index in [1.165, 1.54) is 0 Å². The molecular formula is C26H24ClN5O2S. The van der Waals surface area contributed by atoms with E-state index in [9.17, 15) is 0 Å². The number of benzene rings is 1. The zero-order valence-electron chi connectivity index (χ0n) is 19.0. The summed E-state index contributed by atoms with van der Waals surface area (Å²) in [5.41, 5.74) is 2.76. The Kier molecular flexibility index (Phi) is 6.94. The largest absolute Gasteiger partial charge is 0.490 e. The third-order valence-electron chi connectivity index (χ3n) is 5.82. The topological polar surface area (TPSA) is 64.4 Å². The number of thiocarbonyl (C=S) groups is 1. The second kappa shape index (κ2) is 10.4. The molecule has 0 saturated carbocycles. The van der Waals surface area contributed by atoms with Gasteiger partial charge in [-0.1, -0.05) is 23.7 Å². The number of hydrogen-bond donors (Lipinski definition) is 1. The highest BCUT2D eigenvalue weighted by Crippen LogP contribution is 2.43. The van der Waals surface area contributed by atoms with Crippen LogP contribution in [0.2, 0.25) is 5.02 Å². The van der Waals surface area contributed by atoms with E-state index in [2.05, 4.69) is 30.8 Å². The average molecular weight is 506 g/mol. The Morgan fingerprint density at radius 2 is 1.83 bits per heavy atom. The standard InChI is InChI=1S/C26H24ClN5O2S/c1-33-15-16-34-22-11-10-18(17-19(22)27)32-25(24(30-26(32)35)20-7-2-4-12-28-20)21-8-6-14-31(21)23-9-3-5-13-29-23/h2-14,17,24-25H,15-16H2,1H3,(H,30,35)/t24-,25-/m0/s1. The predicted molar refractivity (Wildman–Crippen MR) is 140 cm³/mol. The second-order valence-corrected chi connectivity index (χ2v) is 8.74. The Bertz CT molecular complexity index is 1300. The Morgan fingerprint density at radius 3 is 2.54 bits per heavy atom. The smallest absolute Gasteiger partial charge is 0.174 e. The lowest BCUT2D eigenvalue weighted by molar-refractivity contribution is 0.146. The van der Waals surface area contributed by atoms with Gasteiger partial charge in [-0.2, -0.15) is 0 Å². The summed E-state index contributed by atoms with van der Waals surface area (Å²) in [6.07, 6.45) is 5.58. The van der Waals surface area contributed by atoms with Crippen LogP contribution in [-0.4, -0.2) is 40.0 Å². The van der Waals surface area contributed by atoms with E-state index in [0.717, 1.165) is 22.9 Å². The minimum absolute atomic E-state index is 0.183. The number of rotatable bonds is 8. The normalized spacial score (nSPS) is 17.4. The summed E-state index contributed by atoms with van der Waals surface area (Å²) < 4.78 is 12.9. The van der Waals surface area contributed by atoms with E-state index in [0.29, 0.717) is 29.1 Å². The number of nitrogens with zero attached hydrogens (tertiary/aromatic N) is 4. The molecular weight excluding hydrogens is 482 g/mol. The first-order valence-electron chi connectivity index (χ1n) is 11.2. The highest BCUT2D eigenvalue weighted by atomic mass is 35.5.